The van der Waals surface area contributed by atoms with Crippen LogP contribution in [0.15, 0.2) is 0 Å². The summed E-state index contributed by atoms with van der Waals surface area (Å²) in [7, 11) is 0. The van der Waals surface area contributed by atoms with Gasteiger partial charge in [0.25, 0.3) is 0 Å². The number of hydrogen-bond donors (Lipinski definition) is 1. The normalized spacial score (nSPS) is 12.0. The second kappa shape index (κ2) is 13.9. The van der Waals surface area contributed by atoms with Gasteiger partial charge in [-0.15, -0.1) is 0 Å². The monoisotopic (exact) mass is 285 g/mol. The first-order valence-corrected chi connectivity index (χ1v) is 8.96. The molecule has 2 N–H and O–H groups in total. The Bertz CT molecular complexity index is 163. The van der Waals surface area contributed by atoms with Gasteiger partial charge in [-0.05, 0) is 31.2 Å². The Morgan fingerprint density at radius 1 is 0.800 bits per heavy atom. The first-order chi connectivity index (χ1) is 9.68. The molecule has 2 nitrogen and oxygen atoms in total. The number of nitrogens with two attached hydrogens (primary N) is 1. The lowest BCUT2D eigenvalue weighted by molar-refractivity contribution is 0.0394. The summed E-state index contributed by atoms with van der Waals surface area (Å²) in [6.45, 7) is 9.47. The summed E-state index contributed by atoms with van der Waals surface area (Å²) in [6, 6.07) is 0. The lowest BCUT2D eigenvalue weighted by atomic mass is 9.80. The van der Waals surface area contributed by atoms with Gasteiger partial charge in [-0.1, -0.05) is 72.1 Å². The molecular formula is C18H39NO. The van der Waals surface area contributed by atoms with E-state index in [0.29, 0.717) is 5.41 Å². The van der Waals surface area contributed by atoms with Gasteiger partial charge in [0.05, 0.1) is 6.61 Å². The van der Waals surface area contributed by atoms with Gasteiger partial charge in [0.2, 0.25) is 0 Å². The summed E-state index contributed by atoms with van der Waals surface area (Å²) in [5, 5.41) is 0. The number of rotatable bonds is 15. The third-order valence-corrected chi connectivity index (χ3v) is 4.21. The third kappa shape index (κ3) is 11.7. The predicted octanol–water partition coefficient (Wildman–Crippen LogP) is 5.30. The van der Waals surface area contributed by atoms with E-state index < -0.39 is 0 Å². The Labute approximate surface area is 127 Å². The largest absolute Gasteiger partial charge is 0.381 e. The van der Waals surface area contributed by atoms with Crippen LogP contribution in [0, 0.1) is 5.41 Å². The van der Waals surface area contributed by atoms with Gasteiger partial charge >= 0.3 is 0 Å². The van der Waals surface area contributed by atoms with Crippen molar-refractivity contribution in [3.8, 4) is 0 Å². The number of ether oxygens (including phenoxy) is 1. The van der Waals surface area contributed by atoms with E-state index in [4.69, 9.17) is 10.5 Å². The zero-order valence-corrected chi connectivity index (χ0v) is 14.4. The minimum absolute atomic E-state index is 0.385. The van der Waals surface area contributed by atoms with Crippen molar-refractivity contribution >= 4 is 0 Å². The molecule has 0 saturated carbocycles. The van der Waals surface area contributed by atoms with E-state index in [0.717, 1.165) is 26.2 Å². The van der Waals surface area contributed by atoms with Crippen LogP contribution in [-0.2, 0) is 4.74 Å². The van der Waals surface area contributed by atoms with Crippen LogP contribution < -0.4 is 5.73 Å². The van der Waals surface area contributed by atoms with Crippen LogP contribution in [0.3, 0.4) is 0 Å². The molecule has 0 aromatic rings. The molecule has 0 aliphatic heterocycles. The lowest BCUT2D eigenvalue weighted by Crippen LogP contribution is -2.24. The minimum atomic E-state index is 0.385. The molecule has 0 rings (SSSR count). The fraction of sp³-hybridized carbons (Fsp3) is 1.00. The molecule has 0 aliphatic carbocycles. The maximum absolute atomic E-state index is 5.87. The molecule has 20 heavy (non-hydrogen) atoms. The second-order valence-electron chi connectivity index (χ2n) is 6.63. The van der Waals surface area contributed by atoms with E-state index in [1.54, 1.807) is 0 Å². The molecule has 0 fully saturated rings. The van der Waals surface area contributed by atoms with Crippen molar-refractivity contribution in [2.75, 3.05) is 19.8 Å². The third-order valence-electron chi connectivity index (χ3n) is 4.21. The van der Waals surface area contributed by atoms with Gasteiger partial charge in [0.15, 0.2) is 0 Å². The quantitative estimate of drug-likeness (QED) is 0.414. The first-order valence-electron chi connectivity index (χ1n) is 8.96. The molecule has 0 saturated heterocycles. The summed E-state index contributed by atoms with van der Waals surface area (Å²) < 4.78 is 5.87. The lowest BCUT2D eigenvalue weighted by Gasteiger charge is -2.30. The van der Waals surface area contributed by atoms with Crippen LogP contribution in [0.4, 0.5) is 0 Å². The fourth-order valence-electron chi connectivity index (χ4n) is 2.73. The molecule has 0 heterocycles. The van der Waals surface area contributed by atoms with Gasteiger partial charge in [0.1, 0.15) is 0 Å². The topological polar surface area (TPSA) is 35.2 Å². The summed E-state index contributed by atoms with van der Waals surface area (Å²) >= 11 is 0. The molecular weight excluding hydrogens is 246 g/mol. The maximum atomic E-state index is 5.87. The van der Waals surface area contributed by atoms with Crippen molar-refractivity contribution < 1.29 is 4.74 Å². The van der Waals surface area contributed by atoms with E-state index in [1.165, 1.54) is 64.2 Å². The van der Waals surface area contributed by atoms with E-state index >= 15 is 0 Å². The van der Waals surface area contributed by atoms with Crippen molar-refractivity contribution in [1.82, 2.24) is 0 Å². The Morgan fingerprint density at radius 3 is 1.80 bits per heavy atom. The minimum Gasteiger partial charge on any atom is -0.381 e. The highest BCUT2D eigenvalue weighted by Gasteiger charge is 2.23. The van der Waals surface area contributed by atoms with Gasteiger partial charge < -0.3 is 10.5 Å². The SMILES string of the molecule is CCCCCCC(C)(CCCCCC)COCCCN. The number of hydrogen-bond acceptors (Lipinski definition) is 2. The molecule has 122 valence electrons. The highest BCUT2D eigenvalue weighted by molar-refractivity contribution is 4.74. The Hall–Kier alpha value is -0.0800. The molecule has 0 aliphatic rings. The summed E-state index contributed by atoms with van der Waals surface area (Å²) in [5.41, 5.74) is 5.91. The molecule has 0 spiro atoms. The van der Waals surface area contributed by atoms with Crippen LogP contribution in [0.2, 0.25) is 0 Å². The molecule has 0 unspecified atom stereocenters. The summed E-state index contributed by atoms with van der Waals surface area (Å²) in [5.74, 6) is 0. The fourth-order valence-corrected chi connectivity index (χ4v) is 2.73. The van der Waals surface area contributed by atoms with Crippen molar-refractivity contribution in [3.63, 3.8) is 0 Å². The van der Waals surface area contributed by atoms with Crippen LogP contribution in [0.1, 0.15) is 91.4 Å². The van der Waals surface area contributed by atoms with Crippen LogP contribution in [0.5, 0.6) is 0 Å². The van der Waals surface area contributed by atoms with Crippen molar-refractivity contribution in [1.29, 1.82) is 0 Å². The molecule has 0 aromatic heterocycles. The van der Waals surface area contributed by atoms with Crippen LogP contribution >= 0.6 is 0 Å². The molecule has 0 radical (unpaired) electrons. The van der Waals surface area contributed by atoms with Gasteiger partial charge in [-0.2, -0.15) is 0 Å². The van der Waals surface area contributed by atoms with Crippen molar-refractivity contribution in [2.24, 2.45) is 11.1 Å². The van der Waals surface area contributed by atoms with E-state index in [-0.39, 0.29) is 0 Å². The molecule has 2 heteroatoms. The van der Waals surface area contributed by atoms with Crippen LogP contribution in [-0.4, -0.2) is 19.8 Å². The molecule has 0 amide bonds. The zero-order valence-electron chi connectivity index (χ0n) is 14.4. The average Bonchev–Trinajstić information content (AvgIpc) is 2.45. The van der Waals surface area contributed by atoms with E-state index in [9.17, 15) is 0 Å². The first kappa shape index (κ1) is 19.9. The van der Waals surface area contributed by atoms with E-state index in [1.807, 2.05) is 0 Å². The predicted molar refractivity (Wildman–Crippen MR) is 90.1 cm³/mol. The molecule has 0 aromatic carbocycles. The highest BCUT2D eigenvalue weighted by Crippen LogP contribution is 2.31. The Morgan fingerprint density at radius 2 is 1.35 bits per heavy atom. The van der Waals surface area contributed by atoms with Gasteiger partial charge in [-0.3, -0.25) is 0 Å². The highest BCUT2D eigenvalue weighted by atomic mass is 16.5. The van der Waals surface area contributed by atoms with Crippen LogP contribution in [0.25, 0.3) is 0 Å². The smallest absolute Gasteiger partial charge is 0.0519 e. The molecule has 0 bridgehead atoms. The van der Waals surface area contributed by atoms with E-state index in [2.05, 4.69) is 20.8 Å². The zero-order chi connectivity index (χ0) is 15.1. The van der Waals surface area contributed by atoms with Gasteiger partial charge in [0, 0.05) is 6.61 Å². The van der Waals surface area contributed by atoms with Gasteiger partial charge in [-0.25, -0.2) is 0 Å². The van der Waals surface area contributed by atoms with Crippen molar-refractivity contribution in [2.45, 2.75) is 91.4 Å². The maximum Gasteiger partial charge on any atom is 0.0519 e. The standard InChI is InChI=1S/C18H39NO/c1-4-6-8-10-13-18(3,14-11-9-7-5-2)17-20-16-12-15-19/h4-17,19H2,1-3H3. The second-order valence-corrected chi connectivity index (χ2v) is 6.63. The Kier molecular flexibility index (Phi) is 13.8. The Balaban J connectivity index is 3.98. The number of unbranched alkanes of at least 4 members (excludes halogenated alkanes) is 6. The summed E-state index contributed by atoms with van der Waals surface area (Å²) in [4.78, 5) is 0. The molecule has 0 atom stereocenters. The van der Waals surface area contributed by atoms with Crippen molar-refractivity contribution in [3.05, 3.63) is 0 Å². The summed E-state index contributed by atoms with van der Waals surface area (Å²) in [6.07, 6.45) is 14.5. The average molecular weight is 286 g/mol.